The van der Waals surface area contributed by atoms with Crippen molar-refractivity contribution in [1.82, 2.24) is 15.5 Å². The molecule has 1 heterocycles. The minimum atomic E-state index is 0.0386. The lowest BCUT2D eigenvalue weighted by molar-refractivity contribution is 0.443. The average Bonchev–Trinajstić information content (AvgIpc) is 2.81. The summed E-state index contributed by atoms with van der Waals surface area (Å²) in [6.45, 7) is 3.98. The summed E-state index contributed by atoms with van der Waals surface area (Å²) in [5, 5.41) is 14.1. The van der Waals surface area contributed by atoms with Crippen molar-refractivity contribution in [2.45, 2.75) is 19.9 Å². The molecule has 0 saturated carbocycles. The summed E-state index contributed by atoms with van der Waals surface area (Å²) in [5.74, 6) is 0.563. The van der Waals surface area contributed by atoms with Crippen LogP contribution < -0.4 is 10.6 Å². The van der Waals surface area contributed by atoms with Gasteiger partial charge in [0.25, 0.3) is 0 Å². The quantitative estimate of drug-likeness (QED) is 0.908. The second-order valence-electron chi connectivity index (χ2n) is 4.04. The SMILES string of the molecule is CNC(C)c1nnc(Nc2cc(Br)ccc2C)o1. The van der Waals surface area contributed by atoms with Crippen molar-refractivity contribution < 1.29 is 4.42 Å². The summed E-state index contributed by atoms with van der Waals surface area (Å²) in [6, 6.07) is 6.41. The number of hydrogen-bond acceptors (Lipinski definition) is 5. The van der Waals surface area contributed by atoms with Gasteiger partial charge in [-0.25, -0.2) is 0 Å². The maximum atomic E-state index is 5.52. The van der Waals surface area contributed by atoms with Crippen LogP contribution in [0, 0.1) is 6.92 Å². The Bertz CT molecular complexity index is 541. The van der Waals surface area contributed by atoms with Crippen LogP contribution in [0.4, 0.5) is 11.7 Å². The van der Waals surface area contributed by atoms with Gasteiger partial charge in [-0.3, -0.25) is 0 Å². The van der Waals surface area contributed by atoms with Crippen LogP contribution in [0.2, 0.25) is 0 Å². The van der Waals surface area contributed by atoms with Crippen LogP contribution in [0.1, 0.15) is 24.4 Å². The Morgan fingerprint density at radius 1 is 1.33 bits per heavy atom. The summed E-state index contributed by atoms with van der Waals surface area (Å²) in [4.78, 5) is 0. The second kappa shape index (κ2) is 5.49. The van der Waals surface area contributed by atoms with Crippen molar-refractivity contribution in [3.63, 3.8) is 0 Å². The van der Waals surface area contributed by atoms with Crippen LogP contribution in [0.5, 0.6) is 0 Å². The molecule has 96 valence electrons. The molecule has 2 N–H and O–H groups in total. The van der Waals surface area contributed by atoms with Gasteiger partial charge >= 0.3 is 6.01 Å². The largest absolute Gasteiger partial charge is 0.406 e. The van der Waals surface area contributed by atoms with Gasteiger partial charge in [0, 0.05) is 10.2 Å². The third kappa shape index (κ3) is 2.88. The molecule has 1 unspecified atom stereocenters. The smallest absolute Gasteiger partial charge is 0.320 e. The van der Waals surface area contributed by atoms with Crippen LogP contribution >= 0.6 is 15.9 Å². The molecule has 1 atom stereocenters. The van der Waals surface area contributed by atoms with Gasteiger partial charge in [-0.05, 0) is 38.6 Å². The van der Waals surface area contributed by atoms with E-state index < -0.39 is 0 Å². The summed E-state index contributed by atoms with van der Waals surface area (Å²) in [5.41, 5.74) is 2.05. The number of aromatic nitrogens is 2. The summed E-state index contributed by atoms with van der Waals surface area (Å²) in [6.07, 6.45) is 0. The first-order valence-electron chi connectivity index (χ1n) is 5.64. The van der Waals surface area contributed by atoms with E-state index in [9.17, 15) is 0 Å². The molecule has 6 heteroatoms. The second-order valence-corrected chi connectivity index (χ2v) is 4.96. The van der Waals surface area contributed by atoms with Gasteiger partial charge in [0.2, 0.25) is 5.89 Å². The van der Waals surface area contributed by atoms with Crippen LogP contribution in [0.3, 0.4) is 0 Å². The summed E-state index contributed by atoms with van der Waals surface area (Å²) < 4.78 is 6.52. The Labute approximate surface area is 114 Å². The Morgan fingerprint density at radius 2 is 2.11 bits per heavy atom. The normalized spacial score (nSPS) is 12.4. The standard InChI is InChI=1S/C12H15BrN4O/c1-7-4-5-9(13)6-10(7)15-12-17-16-11(18-12)8(2)14-3/h4-6,8,14H,1-3H3,(H,15,17). The molecule has 0 amide bonds. The van der Waals surface area contributed by atoms with Crippen molar-refractivity contribution in [3.05, 3.63) is 34.1 Å². The highest BCUT2D eigenvalue weighted by Gasteiger charge is 2.12. The molecular weight excluding hydrogens is 296 g/mol. The number of nitrogens with zero attached hydrogens (tertiary/aromatic N) is 2. The predicted octanol–water partition coefficient (Wildman–Crippen LogP) is 3.16. The fourth-order valence-electron chi connectivity index (χ4n) is 1.43. The lowest BCUT2D eigenvalue weighted by Crippen LogP contribution is -2.12. The topological polar surface area (TPSA) is 63.0 Å². The first kappa shape index (κ1) is 13.0. The van der Waals surface area contributed by atoms with Gasteiger partial charge in [-0.15, -0.1) is 5.10 Å². The van der Waals surface area contributed by atoms with E-state index in [1.165, 1.54) is 0 Å². The zero-order valence-electron chi connectivity index (χ0n) is 10.5. The Balaban J connectivity index is 2.18. The first-order valence-corrected chi connectivity index (χ1v) is 6.43. The summed E-state index contributed by atoms with van der Waals surface area (Å²) >= 11 is 3.43. The average molecular weight is 311 g/mol. The lowest BCUT2D eigenvalue weighted by Gasteiger charge is -2.06. The Morgan fingerprint density at radius 3 is 2.83 bits per heavy atom. The van der Waals surface area contributed by atoms with Gasteiger partial charge in [0.05, 0.1) is 6.04 Å². The van der Waals surface area contributed by atoms with Gasteiger partial charge in [0.1, 0.15) is 0 Å². The monoisotopic (exact) mass is 310 g/mol. The predicted molar refractivity (Wildman–Crippen MR) is 73.9 cm³/mol. The molecule has 18 heavy (non-hydrogen) atoms. The van der Waals surface area contributed by atoms with Gasteiger partial charge in [-0.2, -0.15) is 0 Å². The molecule has 0 aliphatic carbocycles. The number of rotatable bonds is 4. The zero-order valence-corrected chi connectivity index (χ0v) is 12.1. The van der Waals surface area contributed by atoms with Gasteiger partial charge in [-0.1, -0.05) is 27.1 Å². The van der Waals surface area contributed by atoms with Gasteiger partial charge < -0.3 is 15.1 Å². The number of nitrogens with one attached hydrogen (secondary N) is 2. The lowest BCUT2D eigenvalue weighted by atomic mass is 10.2. The third-order valence-electron chi connectivity index (χ3n) is 2.69. The minimum absolute atomic E-state index is 0.0386. The van der Waals surface area contributed by atoms with Crippen molar-refractivity contribution in [2.24, 2.45) is 0 Å². The maximum Gasteiger partial charge on any atom is 0.320 e. The van der Waals surface area contributed by atoms with Crippen LogP contribution in [0.15, 0.2) is 27.1 Å². The van der Waals surface area contributed by atoms with E-state index >= 15 is 0 Å². The van der Waals surface area contributed by atoms with Crippen molar-refractivity contribution in [2.75, 3.05) is 12.4 Å². The van der Waals surface area contributed by atoms with E-state index in [0.29, 0.717) is 11.9 Å². The van der Waals surface area contributed by atoms with Crippen LogP contribution in [0.25, 0.3) is 0 Å². The maximum absolute atomic E-state index is 5.52. The molecule has 1 aromatic carbocycles. The fraction of sp³-hybridized carbons (Fsp3) is 0.333. The summed E-state index contributed by atoms with van der Waals surface area (Å²) in [7, 11) is 1.85. The van der Waals surface area contributed by atoms with E-state index in [-0.39, 0.29) is 6.04 Å². The molecule has 5 nitrogen and oxygen atoms in total. The zero-order chi connectivity index (χ0) is 13.1. The molecular formula is C12H15BrN4O. The molecule has 0 spiro atoms. The first-order chi connectivity index (χ1) is 8.60. The number of aryl methyl sites for hydroxylation is 1. The highest BCUT2D eigenvalue weighted by atomic mass is 79.9. The highest BCUT2D eigenvalue weighted by Crippen LogP contribution is 2.24. The number of hydrogen-bond donors (Lipinski definition) is 2. The van der Waals surface area contributed by atoms with Crippen LogP contribution in [-0.2, 0) is 0 Å². The Hall–Kier alpha value is -1.40. The highest BCUT2D eigenvalue weighted by molar-refractivity contribution is 9.10. The molecule has 0 aliphatic heterocycles. The van der Waals surface area contributed by atoms with Crippen LogP contribution in [-0.4, -0.2) is 17.2 Å². The number of benzene rings is 1. The van der Waals surface area contributed by atoms with Crippen molar-refractivity contribution in [1.29, 1.82) is 0 Å². The molecule has 0 radical (unpaired) electrons. The number of anilines is 2. The third-order valence-corrected chi connectivity index (χ3v) is 3.18. The molecule has 2 rings (SSSR count). The molecule has 2 aromatic rings. The number of halogens is 1. The molecule has 0 fully saturated rings. The molecule has 1 aromatic heterocycles. The van der Waals surface area contributed by atoms with E-state index in [4.69, 9.17) is 4.42 Å². The molecule has 0 aliphatic rings. The molecule has 0 bridgehead atoms. The van der Waals surface area contributed by atoms with E-state index in [2.05, 4.69) is 36.8 Å². The van der Waals surface area contributed by atoms with E-state index in [0.717, 1.165) is 15.7 Å². The van der Waals surface area contributed by atoms with Crippen molar-refractivity contribution in [3.8, 4) is 0 Å². The van der Waals surface area contributed by atoms with Gasteiger partial charge in [0.15, 0.2) is 0 Å². The van der Waals surface area contributed by atoms with E-state index in [1.807, 2.05) is 39.1 Å². The fourth-order valence-corrected chi connectivity index (χ4v) is 1.79. The molecule has 0 saturated heterocycles. The Kier molecular flexibility index (Phi) is 3.98. The van der Waals surface area contributed by atoms with E-state index in [1.54, 1.807) is 0 Å². The van der Waals surface area contributed by atoms with Crippen molar-refractivity contribution >= 4 is 27.6 Å². The minimum Gasteiger partial charge on any atom is -0.406 e.